The van der Waals surface area contributed by atoms with Gasteiger partial charge in [0.1, 0.15) is 5.84 Å². The molecule has 25 heavy (non-hydrogen) atoms. The monoisotopic (exact) mass is 326 g/mol. The fourth-order valence-electron chi connectivity index (χ4n) is 3.35. The number of anilines is 1. The average Bonchev–Trinajstić information content (AvgIpc) is 3.08. The number of amidine groups is 1. The van der Waals surface area contributed by atoms with Crippen molar-refractivity contribution in [2.75, 3.05) is 11.4 Å². The minimum Gasteiger partial charge on any atom is -0.324 e. The fraction of sp³-hybridized carbons (Fsp3) is 0.174. The first-order valence-corrected chi connectivity index (χ1v) is 8.81. The van der Waals surface area contributed by atoms with Gasteiger partial charge in [0.25, 0.3) is 0 Å². The summed E-state index contributed by atoms with van der Waals surface area (Å²) in [5.41, 5.74) is 5.01. The molecule has 0 fully saturated rings. The molecular formula is C23H22N2. The van der Waals surface area contributed by atoms with Crippen LogP contribution in [0.25, 0.3) is 0 Å². The molecule has 0 aromatic heterocycles. The molecule has 3 aromatic carbocycles. The molecule has 1 unspecified atom stereocenters. The highest BCUT2D eigenvalue weighted by Gasteiger charge is 2.27. The van der Waals surface area contributed by atoms with Crippen LogP contribution in [0.3, 0.4) is 0 Å². The Labute approximate surface area is 149 Å². The third kappa shape index (κ3) is 3.48. The van der Waals surface area contributed by atoms with Crippen LogP contribution in [0.5, 0.6) is 0 Å². The van der Waals surface area contributed by atoms with Crippen LogP contribution in [0, 0.1) is 6.92 Å². The minimum atomic E-state index is 0.277. The molecule has 0 saturated heterocycles. The second kappa shape index (κ2) is 6.94. The molecule has 1 aliphatic heterocycles. The van der Waals surface area contributed by atoms with Gasteiger partial charge < -0.3 is 4.90 Å². The van der Waals surface area contributed by atoms with Crippen molar-refractivity contribution < 1.29 is 0 Å². The molecule has 1 aliphatic rings. The number of nitrogens with zero attached hydrogens (tertiary/aromatic N) is 2. The van der Waals surface area contributed by atoms with E-state index in [1.165, 1.54) is 22.4 Å². The maximum absolute atomic E-state index is 5.08. The number of hydrogen-bond acceptors (Lipinski definition) is 2. The Hall–Kier alpha value is -2.87. The lowest BCUT2D eigenvalue weighted by Crippen LogP contribution is -2.30. The summed E-state index contributed by atoms with van der Waals surface area (Å²) in [4.78, 5) is 7.43. The Kier molecular flexibility index (Phi) is 4.34. The lowest BCUT2D eigenvalue weighted by atomic mass is 10.1. The van der Waals surface area contributed by atoms with Crippen LogP contribution in [0.1, 0.15) is 16.7 Å². The third-order valence-corrected chi connectivity index (χ3v) is 4.65. The lowest BCUT2D eigenvalue weighted by Gasteiger charge is -2.21. The Bertz CT molecular complexity index is 852. The van der Waals surface area contributed by atoms with Crippen LogP contribution in [-0.2, 0) is 6.42 Å². The average molecular weight is 326 g/mol. The summed E-state index contributed by atoms with van der Waals surface area (Å²) < 4.78 is 0. The van der Waals surface area contributed by atoms with E-state index < -0.39 is 0 Å². The second-order valence-corrected chi connectivity index (χ2v) is 6.61. The van der Waals surface area contributed by atoms with E-state index in [4.69, 9.17) is 4.99 Å². The molecule has 0 bridgehead atoms. The van der Waals surface area contributed by atoms with Gasteiger partial charge >= 0.3 is 0 Å². The van der Waals surface area contributed by atoms with E-state index in [1.807, 2.05) is 0 Å². The summed E-state index contributed by atoms with van der Waals surface area (Å²) in [7, 11) is 0. The minimum absolute atomic E-state index is 0.277. The van der Waals surface area contributed by atoms with Gasteiger partial charge in [-0.1, -0.05) is 78.4 Å². The smallest absolute Gasteiger partial charge is 0.135 e. The van der Waals surface area contributed by atoms with Crippen LogP contribution in [0.4, 0.5) is 5.69 Å². The van der Waals surface area contributed by atoms with Crippen LogP contribution >= 0.6 is 0 Å². The van der Waals surface area contributed by atoms with E-state index in [2.05, 4.69) is 96.8 Å². The molecule has 0 radical (unpaired) electrons. The van der Waals surface area contributed by atoms with E-state index >= 15 is 0 Å². The standard InChI is InChI=1S/C23H22N2/c1-18-12-14-22(15-13-18)25-17-21(16-19-8-4-2-5-9-19)24-23(25)20-10-6-3-7-11-20/h2-15,21H,16-17H2,1H3. The van der Waals surface area contributed by atoms with Crippen LogP contribution < -0.4 is 4.90 Å². The molecule has 0 N–H and O–H groups in total. The van der Waals surface area contributed by atoms with E-state index in [1.54, 1.807) is 0 Å². The molecule has 124 valence electrons. The van der Waals surface area contributed by atoms with Gasteiger partial charge in [-0.3, -0.25) is 4.99 Å². The number of aryl methyl sites for hydroxylation is 1. The first-order chi connectivity index (χ1) is 12.3. The molecule has 2 heteroatoms. The second-order valence-electron chi connectivity index (χ2n) is 6.61. The van der Waals surface area contributed by atoms with Crippen molar-refractivity contribution in [1.29, 1.82) is 0 Å². The normalized spacial score (nSPS) is 16.8. The van der Waals surface area contributed by atoms with Crippen molar-refractivity contribution in [1.82, 2.24) is 0 Å². The van der Waals surface area contributed by atoms with Gasteiger partial charge in [-0.2, -0.15) is 0 Å². The van der Waals surface area contributed by atoms with Gasteiger partial charge in [-0.25, -0.2) is 0 Å². The van der Waals surface area contributed by atoms with Crippen LogP contribution in [-0.4, -0.2) is 18.4 Å². The zero-order chi connectivity index (χ0) is 17.1. The van der Waals surface area contributed by atoms with Gasteiger partial charge in [0.2, 0.25) is 0 Å². The molecular weight excluding hydrogens is 304 g/mol. The summed E-state index contributed by atoms with van der Waals surface area (Å²) in [5, 5.41) is 0. The predicted molar refractivity (Wildman–Crippen MR) is 105 cm³/mol. The third-order valence-electron chi connectivity index (χ3n) is 4.65. The van der Waals surface area contributed by atoms with Crippen molar-refractivity contribution in [2.24, 2.45) is 4.99 Å². The summed E-state index contributed by atoms with van der Waals surface area (Å²) >= 11 is 0. The zero-order valence-corrected chi connectivity index (χ0v) is 14.5. The largest absolute Gasteiger partial charge is 0.324 e. The number of aliphatic imine (C=N–C) groups is 1. The van der Waals surface area contributed by atoms with Crippen molar-refractivity contribution in [3.8, 4) is 0 Å². The first-order valence-electron chi connectivity index (χ1n) is 8.81. The fourth-order valence-corrected chi connectivity index (χ4v) is 3.35. The van der Waals surface area contributed by atoms with E-state index in [9.17, 15) is 0 Å². The molecule has 2 nitrogen and oxygen atoms in total. The first kappa shape index (κ1) is 15.6. The zero-order valence-electron chi connectivity index (χ0n) is 14.5. The summed E-state index contributed by atoms with van der Waals surface area (Å²) in [6, 6.07) is 30.1. The molecule has 0 amide bonds. The maximum atomic E-state index is 5.08. The number of rotatable bonds is 4. The quantitative estimate of drug-likeness (QED) is 0.667. The van der Waals surface area contributed by atoms with Crippen molar-refractivity contribution in [3.63, 3.8) is 0 Å². The molecule has 0 saturated carbocycles. The van der Waals surface area contributed by atoms with Crippen molar-refractivity contribution in [2.45, 2.75) is 19.4 Å². The molecule has 4 rings (SSSR count). The summed E-state index contributed by atoms with van der Waals surface area (Å²) in [6.07, 6.45) is 0.972. The topological polar surface area (TPSA) is 15.6 Å². The maximum Gasteiger partial charge on any atom is 0.135 e. The Morgan fingerprint density at radius 1 is 0.840 bits per heavy atom. The van der Waals surface area contributed by atoms with Crippen LogP contribution in [0.15, 0.2) is 89.9 Å². The van der Waals surface area contributed by atoms with Crippen molar-refractivity contribution in [3.05, 3.63) is 102 Å². The Morgan fingerprint density at radius 3 is 2.16 bits per heavy atom. The van der Waals surface area contributed by atoms with Gasteiger partial charge in [-0.05, 0) is 31.0 Å². The van der Waals surface area contributed by atoms with Gasteiger partial charge in [0.05, 0.1) is 6.04 Å². The SMILES string of the molecule is Cc1ccc(N2CC(Cc3ccccc3)N=C2c2ccccc2)cc1. The highest BCUT2D eigenvalue weighted by Crippen LogP contribution is 2.25. The molecule has 1 heterocycles. The van der Waals surface area contributed by atoms with Crippen LogP contribution in [0.2, 0.25) is 0 Å². The molecule has 3 aromatic rings. The Balaban J connectivity index is 1.66. The van der Waals surface area contributed by atoms with Crippen molar-refractivity contribution >= 4 is 11.5 Å². The van der Waals surface area contributed by atoms with Gasteiger partial charge in [0.15, 0.2) is 0 Å². The summed E-state index contributed by atoms with van der Waals surface area (Å²) in [5.74, 6) is 1.07. The van der Waals surface area contributed by atoms with Gasteiger partial charge in [-0.15, -0.1) is 0 Å². The summed E-state index contributed by atoms with van der Waals surface area (Å²) in [6.45, 7) is 3.04. The molecule has 0 spiro atoms. The predicted octanol–water partition coefficient (Wildman–Crippen LogP) is 4.87. The number of hydrogen-bond donors (Lipinski definition) is 0. The van der Waals surface area contributed by atoms with Gasteiger partial charge in [0, 0.05) is 17.8 Å². The Morgan fingerprint density at radius 2 is 1.48 bits per heavy atom. The van der Waals surface area contributed by atoms with E-state index in [0.717, 1.165) is 18.8 Å². The number of benzene rings is 3. The molecule has 0 aliphatic carbocycles. The lowest BCUT2D eigenvalue weighted by molar-refractivity contribution is 0.714. The highest BCUT2D eigenvalue weighted by molar-refractivity contribution is 6.11. The molecule has 1 atom stereocenters. The highest BCUT2D eigenvalue weighted by atomic mass is 15.3. The van der Waals surface area contributed by atoms with E-state index in [-0.39, 0.29) is 6.04 Å². The van der Waals surface area contributed by atoms with E-state index in [0.29, 0.717) is 0 Å².